The van der Waals surface area contributed by atoms with Crippen LogP contribution in [0.3, 0.4) is 0 Å². The molecule has 2 saturated heterocycles. The van der Waals surface area contributed by atoms with E-state index in [1.807, 2.05) is 11.0 Å². The number of aromatic nitrogens is 6. The molecule has 0 unspecified atom stereocenters. The molecule has 2 bridgehead atoms. The molecular formula is C23H24FN9O. The van der Waals surface area contributed by atoms with Crippen molar-refractivity contribution in [1.29, 1.82) is 5.26 Å². The number of alkyl halides is 1. The van der Waals surface area contributed by atoms with Crippen LogP contribution < -0.4 is 10.2 Å². The van der Waals surface area contributed by atoms with Crippen LogP contribution in [0.5, 0.6) is 5.75 Å². The largest absolute Gasteiger partial charge is 0.507 e. The van der Waals surface area contributed by atoms with Crippen LogP contribution in [-0.4, -0.2) is 65.4 Å². The Morgan fingerprint density at radius 3 is 2.76 bits per heavy atom. The van der Waals surface area contributed by atoms with E-state index < -0.39 is 6.17 Å². The lowest BCUT2D eigenvalue weighted by Gasteiger charge is -2.46. The van der Waals surface area contributed by atoms with Gasteiger partial charge in [0.2, 0.25) is 5.95 Å². The molecule has 1 saturated carbocycles. The van der Waals surface area contributed by atoms with Crippen molar-refractivity contribution in [3.05, 3.63) is 36.5 Å². The number of halogens is 1. The van der Waals surface area contributed by atoms with Crippen molar-refractivity contribution < 1.29 is 9.50 Å². The predicted octanol–water partition coefficient (Wildman–Crippen LogP) is 2.29. The van der Waals surface area contributed by atoms with Crippen LogP contribution in [0.25, 0.3) is 16.9 Å². The maximum Gasteiger partial charge on any atom is 0.252 e. The number of nitrogens with zero attached hydrogens (tertiary/aromatic N) is 8. The molecule has 3 fully saturated rings. The third-order valence-corrected chi connectivity index (χ3v) is 6.99. The van der Waals surface area contributed by atoms with Gasteiger partial charge in [-0.2, -0.15) is 5.26 Å². The van der Waals surface area contributed by atoms with Crippen LogP contribution in [0, 0.1) is 11.3 Å². The second kappa shape index (κ2) is 8.29. The summed E-state index contributed by atoms with van der Waals surface area (Å²) in [6.07, 6.45) is 7.81. The Balaban J connectivity index is 1.25. The Hall–Kier alpha value is -3.65. The summed E-state index contributed by atoms with van der Waals surface area (Å²) in [4.78, 5) is 10.5. The number of hydrogen-bond acceptors (Lipinski definition) is 9. The van der Waals surface area contributed by atoms with Gasteiger partial charge in [-0.25, -0.2) is 19.0 Å². The molecule has 0 amide bonds. The molecule has 0 spiro atoms. The summed E-state index contributed by atoms with van der Waals surface area (Å²) in [5.74, 6) is 0.466. The van der Waals surface area contributed by atoms with Crippen molar-refractivity contribution in [1.82, 2.24) is 35.3 Å². The summed E-state index contributed by atoms with van der Waals surface area (Å²) in [5.41, 5.74) is 1.44. The van der Waals surface area contributed by atoms with Gasteiger partial charge in [0, 0.05) is 29.8 Å². The average molecular weight is 462 g/mol. The van der Waals surface area contributed by atoms with Crippen molar-refractivity contribution in [3.8, 4) is 28.8 Å². The van der Waals surface area contributed by atoms with Gasteiger partial charge in [-0.15, -0.1) is 15.3 Å². The number of nitrogens with one attached hydrogen (secondary N) is 1. The maximum atomic E-state index is 15.4. The normalized spacial score (nSPS) is 26.1. The summed E-state index contributed by atoms with van der Waals surface area (Å²) in [6.45, 7) is 0. The minimum absolute atomic E-state index is 0.0237. The zero-order valence-electron chi connectivity index (χ0n) is 18.4. The number of hydrogen-bond donors (Lipinski definition) is 2. The van der Waals surface area contributed by atoms with Crippen molar-refractivity contribution >= 4 is 5.95 Å². The van der Waals surface area contributed by atoms with Gasteiger partial charge in [0.05, 0.1) is 17.9 Å². The fourth-order valence-corrected chi connectivity index (χ4v) is 5.21. The lowest BCUT2D eigenvalue weighted by molar-refractivity contribution is 0.103. The van der Waals surface area contributed by atoms with Crippen LogP contribution >= 0.6 is 0 Å². The standard InChI is InChI=1S/C23H24FN9O/c24-22-17-3-1-2-13(28-17)8-19(22)33(14-4-5-14)23-26-11-18(29-30-23)16-7-6-15(9-20(16)34)32-12-27-21(10-25)31-32/h6-7,9,11-14,17,19,22,28,34H,1-5,8H2/t13-,17-,19+,22-/m0/s1. The fraction of sp³-hybridized carbons (Fsp3) is 0.478. The van der Waals surface area contributed by atoms with Gasteiger partial charge in [-0.05, 0) is 44.2 Å². The van der Waals surface area contributed by atoms with Crippen LogP contribution in [0.2, 0.25) is 0 Å². The molecule has 34 heavy (non-hydrogen) atoms. The number of benzene rings is 1. The summed E-state index contributed by atoms with van der Waals surface area (Å²) < 4.78 is 16.8. The molecule has 10 nitrogen and oxygen atoms in total. The van der Waals surface area contributed by atoms with Crippen molar-refractivity contribution in [2.75, 3.05) is 4.90 Å². The van der Waals surface area contributed by atoms with Crippen molar-refractivity contribution in [2.45, 2.75) is 68.9 Å². The first-order valence-corrected chi connectivity index (χ1v) is 11.6. The molecule has 3 aromatic rings. The first kappa shape index (κ1) is 20.9. The summed E-state index contributed by atoms with van der Waals surface area (Å²) >= 11 is 0. The van der Waals surface area contributed by atoms with E-state index in [4.69, 9.17) is 5.26 Å². The molecule has 2 aromatic heterocycles. The molecule has 2 aliphatic heterocycles. The Morgan fingerprint density at radius 2 is 2.06 bits per heavy atom. The third-order valence-electron chi connectivity index (χ3n) is 6.99. The molecule has 2 N–H and O–H groups in total. The number of phenolic OH excluding ortho intramolecular Hbond substituents is 1. The van der Waals surface area contributed by atoms with Gasteiger partial charge < -0.3 is 15.3 Å². The Kier molecular flexibility index (Phi) is 5.10. The van der Waals surface area contributed by atoms with E-state index in [1.54, 1.807) is 18.3 Å². The number of anilines is 1. The Morgan fingerprint density at radius 1 is 1.18 bits per heavy atom. The van der Waals surface area contributed by atoms with E-state index in [9.17, 15) is 5.11 Å². The quantitative estimate of drug-likeness (QED) is 0.588. The van der Waals surface area contributed by atoms with Gasteiger partial charge in [-0.1, -0.05) is 6.42 Å². The molecule has 6 rings (SSSR count). The topological polar surface area (TPSA) is 129 Å². The van der Waals surface area contributed by atoms with Gasteiger partial charge in [0.15, 0.2) is 0 Å². The Bertz CT molecular complexity index is 1240. The second-order valence-electron chi connectivity index (χ2n) is 9.26. The molecule has 174 valence electrons. The summed E-state index contributed by atoms with van der Waals surface area (Å²) in [7, 11) is 0. The zero-order valence-corrected chi connectivity index (χ0v) is 18.4. The van der Waals surface area contributed by atoms with Crippen LogP contribution in [-0.2, 0) is 0 Å². The van der Waals surface area contributed by atoms with Crippen LogP contribution in [0.1, 0.15) is 44.3 Å². The molecule has 4 atom stereocenters. The molecule has 3 aliphatic rings. The number of fused-ring (bicyclic) bond motifs is 2. The van der Waals surface area contributed by atoms with Crippen molar-refractivity contribution in [2.24, 2.45) is 0 Å². The van der Waals surface area contributed by atoms with Gasteiger partial charge in [0.25, 0.3) is 5.82 Å². The SMILES string of the molecule is N#Cc1ncn(-c2ccc(-c3cnc(N(C4CC4)[C@@H]4C[C@@H]5CCC[C@H](N5)[C@@H]4F)nn3)c(O)c2)n1. The smallest absolute Gasteiger partial charge is 0.252 e. The summed E-state index contributed by atoms with van der Waals surface area (Å²) in [5, 5.41) is 35.6. The molecule has 1 aromatic carbocycles. The number of aromatic hydroxyl groups is 1. The minimum Gasteiger partial charge on any atom is -0.507 e. The lowest BCUT2D eigenvalue weighted by atomic mass is 9.82. The maximum absolute atomic E-state index is 15.4. The van der Waals surface area contributed by atoms with E-state index >= 15 is 4.39 Å². The fourth-order valence-electron chi connectivity index (χ4n) is 5.21. The zero-order chi connectivity index (χ0) is 23.2. The number of nitriles is 1. The minimum atomic E-state index is -0.963. The van der Waals surface area contributed by atoms with E-state index in [0.717, 1.165) is 38.5 Å². The third kappa shape index (κ3) is 3.74. The average Bonchev–Trinajstić information content (AvgIpc) is 3.57. The molecule has 11 heteroatoms. The number of piperidine rings is 2. The van der Waals surface area contributed by atoms with Crippen molar-refractivity contribution in [3.63, 3.8) is 0 Å². The van der Waals surface area contributed by atoms with E-state index in [0.29, 0.717) is 28.9 Å². The van der Waals surface area contributed by atoms with Crippen LogP contribution in [0.15, 0.2) is 30.7 Å². The molecular weight excluding hydrogens is 437 g/mol. The molecule has 1 aliphatic carbocycles. The van der Waals surface area contributed by atoms with Gasteiger partial charge in [0.1, 0.15) is 30.0 Å². The highest BCUT2D eigenvalue weighted by molar-refractivity contribution is 5.68. The first-order valence-electron chi connectivity index (χ1n) is 11.6. The number of rotatable bonds is 5. The predicted molar refractivity (Wildman–Crippen MR) is 120 cm³/mol. The number of phenols is 1. The van der Waals surface area contributed by atoms with Gasteiger partial charge >= 0.3 is 0 Å². The second-order valence-corrected chi connectivity index (χ2v) is 9.26. The van der Waals surface area contributed by atoms with E-state index in [2.05, 4.69) is 30.6 Å². The van der Waals surface area contributed by atoms with Crippen LogP contribution in [0.4, 0.5) is 10.3 Å². The highest BCUT2D eigenvalue weighted by Crippen LogP contribution is 2.39. The highest BCUT2D eigenvalue weighted by atomic mass is 19.1. The lowest BCUT2D eigenvalue weighted by Crippen LogP contribution is -2.62. The van der Waals surface area contributed by atoms with E-state index in [1.165, 1.54) is 17.1 Å². The highest BCUT2D eigenvalue weighted by Gasteiger charge is 2.47. The molecule has 4 heterocycles. The first-order chi connectivity index (χ1) is 16.6. The summed E-state index contributed by atoms with van der Waals surface area (Å²) in [6, 6.07) is 7.05. The Labute approximate surface area is 195 Å². The van der Waals surface area contributed by atoms with E-state index in [-0.39, 0.29) is 29.7 Å². The monoisotopic (exact) mass is 461 g/mol. The molecule has 0 radical (unpaired) electrons. The van der Waals surface area contributed by atoms with Gasteiger partial charge in [-0.3, -0.25) is 0 Å².